The molecule has 1 saturated carbocycles. The molecular weight excluding hydrogens is 551 g/mol. The molecule has 2 aromatic heterocycles. The molecule has 40 heavy (non-hydrogen) atoms. The Balaban J connectivity index is 0.000000470. The Labute approximate surface area is 227 Å². The standard InChI is InChI=1S/C23H25N7O2S.C2HF3O2/c1-15-7-6-8-16(2)21(15)30-20(26-28-29-30)14-25-22-18-10-5-4-9-17(18)19(13-24-22)33(31,32)27-23(3)11-12-23;3-2(4,5)1(6)7/h4-10,13,27H,11-12,14H2,1-3H3,(H,24,25);(H,6,7). The molecule has 0 spiro atoms. The number of alkyl halides is 3. The van der Waals surface area contributed by atoms with Crippen molar-refractivity contribution in [2.24, 2.45) is 0 Å². The number of carbonyl (C=O) groups is 1. The molecule has 0 unspecified atom stereocenters. The monoisotopic (exact) mass is 577 g/mol. The lowest BCUT2D eigenvalue weighted by Gasteiger charge is -2.16. The quantitative estimate of drug-likeness (QED) is 0.297. The van der Waals surface area contributed by atoms with Gasteiger partial charge in [0.1, 0.15) is 10.7 Å². The summed E-state index contributed by atoms with van der Waals surface area (Å²) in [5.74, 6) is -1.57. The topological polar surface area (TPSA) is 152 Å². The van der Waals surface area contributed by atoms with Gasteiger partial charge in [0.25, 0.3) is 0 Å². The largest absolute Gasteiger partial charge is 0.490 e. The summed E-state index contributed by atoms with van der Waals surface area (Å²) in [4.78, 5) is 13.5. The lowest BCUT2D eigenvalue weighted by molar-refractivity contribution is -0.192. The van der Waals surface area contributed by atoms with E-state index >= 15 is 0 Å². The van der Waals surface area contributed by atoms with Gasteiger partial charge in [0.05, 0.1) is 12.2 Å². The maximum absolute atomic E-state index is 13.0. The van der Waals surface area contributed by atoms with Gasteiger partial charge in [-0.05, 0) is 55.2 Å². The van der Waals surface area contributed by atoms with E-state index in [1.807, 2.05) is 57.2 Å². The molecule has 2 heterocycles. The third-order valence-corrected chi connectivity index (χ3v) is 7.94. The fraction of sp³-hybridized carbons (Fsp3) is 0.320. The Morgan fingerprint density at radius 3 is 2.25 bits per heavy atom. The predicted molar refractivity (Wildman–Crippen MR) is 139 cm³/mol. The molecular formula is C25H26F3N7O4S. The maximum Gasteiger partial charge on any atom is 0.490 e. The highest BCUT2D eigenvalue weighted by Gasteiger charge is 2.41. The van der Waals surface area contributed by atoms with Crippen molar-refractivity contribution < 1.29 is 31.5 Å². The number of carboxylic acid groups (broad SMARTS) is 1. The Kier molecular flexibility index (Phi) is 7.81. The fourth-order valence-electron chi connectivity index (χ4n) is 3.98. The number of halogens is 3. The molecule has 5 rings (SSSR count). The van der Waals surface area contributed by atoms with E-state index in [2.05, 4.69) is 30.5 Å². The van der Waals surface area contributed by atoms with Crippen LogP contribution in [0.1, 0.15) is 36.7 Å². The van der Waals surface area contributed by atoms with E-state index in [-0.39, 0.29) is 10.4 Å². The number of nitrogens with one attached hydrogen (secondary N) is 2. The van der Waals surface area contributed by atoms with Crippen molar-refractivity contribution in [3.8, 4) is 5.69 Å². The molecule has 1 fully saturated rings. The second kappa shape index (κ2) is 10.8. The van der Waals surface area contributed by atoms with Gasteiger partial charge in [-0.25, -0.2) is 22.9 Å². The maximum atomic E-state index is 13.0. The molecule has 11 nitrogen and oxygen atoms in total. The van der Waals surface area contributed by atoms with Crippen molar-refractivity contribution in [3.05, 3.63) is 65.6 Å². The number of benzene rings is 2. The van der Waals surface area contributed by atoms with Gasteiger partial charge in [-0.3, -0.25) is 0 Å². The van der Waals surface area contributed by atoms with E-state index in [1.165, 1.54) is 6.20 Å². The summed E-state index contributed by atoms with van der Waals surface area (Å²) < 4.78 is 62.3. The van der Waals surface area contributed by atoms with Crippen molar-refractivity contribution in [1.82, 2.24) is 29.9 Å². The summed E-state index contributed by atoms with van der Waals surface area (Å²) in [7, 11) is -3.69. The number of hydrogen-bond acceptors (Lipinski definition) is 8. The highest BCUT2D eigenvalue weighted by molar-refractivity contribution is 7.89. The first-order valence-corrected chi connectivity index (χ1v) is 13.5. The molecule has 3 N–H and O–H groups in total. The number of nitrogens with zero attached hydrogens (tertiary/aromatic N) is 5. The van der Waals surface area contributed by atoms with Crippen LogP contribution < -0.4 is 10.0 Å². The normalized spacial score (nSPS) is 14.3. The van der Waals surface area contributed by atoms with Crippen molar-refractivity contribution in [3.63, 3.8) is 0 Å². The number of sulfonamides is 1. The molecule has 0 radical (unpaired) electrons. The minimum atomic E-state index is -5.08. The van der Waals surface area contributed by atoms with Crippen LogP contribution in [-0.2, 0) is 21.4 Å². The Morgan fingerprint density at radius 2 is 1.68 bits per heavy atom. The number of pyridine rings is 1. The Bertz CT molecular complexity index is 1650. The molecule has 0 bridgehead atoms. The van der Waals surface area contributed by atoms with Gasteiger partial charge in [0.2, 0.25) is 10.0 Å². The number of tetrazole rings is 1. The van der Waals surface area contributed by atoms with Crippen LogP contribution in [0.5, 0.6) is 0 Å². The first-order chi connectivity index (χ1) is 18.7. The number of aliphatic carboxylic acids is 1. The van der Waals surface area contributed by atoms with Gasteiger partial charge in [0.15, 0.2) is 5.82 Å². The van der Waals surface area contributed by atoms with Crippen LogP contribution in [0.25, 0.3) is 16.5 Å². The van der Waals surface area contributed by atoms with Crippen LogP contribution in [0.2, 0.25) is 0 Å². The van der Waals surface area contributed by atoms with Gasteiger partial charge in [-0.2, -0.15) is 17.9 Å². The number of carboxylic acids is 1. The van der Waals surface area contributed by atoms with Crippen molar-refractivity contribution in [2.45, 2.75) is 56.8 Å². The molecule has 0 atom stereocenters. The number of para-hydroxylation sites is 1. The van der Waals surface area contributed by atoms with Gasteiger partial charge in [-0.1, -0.05) is 42.5 Å². The molecule has 0 aliphatic heterocycles. The summed E-state index contributed by atoms with van der Waals surface area (Å²) in [6.07, 6.45) is -1.99. The molecule has 1 aliphatic rings. The second-order valence-corrected chi connectivity index (χ2v) is 11.2. The average molecular weight is 578 g/mol. The SMILES string of the molecule is Cc1cccc(C)c1-n1nnnc1CNc1ncc(S(=O)(=O)NC2(C)CC2)c2ccccc12.O=C(O)C(F)(F)F. The lowest BCUT2D eigenvalue weighted by atomic mass is 10.1. The van der Waals surface area contributed by atoms with Crippen LogP contribution >= 0.6 is 0 Å². The van der Waals surface area contributed by atoms with Crippen LogP contribution in [0.3, 0.4) is 0 Å². The Hall–Kier alpha value is -4.11. The molecule has 2 aromatic carbocycles. The zero-order chi connectivity index (χ0) is 29.3. The number of fused-ring (bicyclic) bond motifs is 1. The smallest absolute Gasteiger partial charge is 0.475 e. The summed E-state index contributed by atoms with van der Waals surface area (Å²) in [6.45, 7) is 6.27. The van der Waals surface area contributed by atoms with Gasteiger partial charge in [0, 0.05) is 22.5 Å². The minimum absolute atomic E-state index is 0.178. The van der Waals surface area contributed by atoms with Crippen LogP contribution in [0, 0.1) is 13.8 Å². The fourth-order valence-corrected chi connectivity index (χ4v) is 5.60. The number of anilines is 1. The lowest BCUT2D eigenvalue weighted by Crippen LogP contribution is -2.34. The first-order valence-electron chi connectivity index (χ1n) is 12.0. The zero-order valence-corrected chi connectivity index (χ0v) is 22.5. The van der Waals surface area contributed by atoms with E-state index in [0.29, 0.717) is 29.0 Å². The van der Waals surface area contributed by atoms with Gasteiger partial charge < -0.3 is 10.4 Å². The molecule has 4 aromatic rings. The summed E-state index contributed by atoms with van der Waals surface area (Å²) in [5, 5.41) is 24.0. The molecule has 15 heteroatoms. The molecule has 0 amide bonds. The van der Waals surface area contributed by atoms with Crippen molar-refractivity contribution >= 4 is 32.6 Å². The summed E-state index contributed by atoms with van der Waals surface area (Å²) in [6, 6.07) is 13.4. The van der Waals surface area contributed by atoms with Crippen molar-refractivity contribution in [2.75, 3.05) is 5.32 Å². The zero-order valence-electron chi connectivity index (χ0n) is 21.7. The van der Waals surface area contributed by atoms with Gasteiger partial charge >= 0.3 is 12.1 Å². The molecule has 1 aliphatic carbocycles. The first kappa shape index (κ1) is 28.9. The van der Waals surface area contributed by atoms with E-state index < -0.39 is 22.2 Å². The van der Waals surface area contributed by atoms with E-state index in [9.17, 15) is 21.6 Å². The number of rotatable bonds is 7. The van der Waals surface area contributed by atoms with Crippen LogP contribution in [0.15, 0.2) is 53.6 Å². The third kappa shape index (κ3) is 6.37. The second-order valence-electron chi connectivity index (χ2n) is 9.59. The molecule has 212 valence electrons. The number of aryl methyl sites for hydroxylation is 2. The average Bonchev–Trinajstić information content (AvgIpc) is 3.40. The Morgan fingerprint density at radius 1 is 1.07 bits per heavy atom. The number of aromatic nitrogens is 5. The third-order valence-electron chi connectivity index (χ3n) is 6.27. The predicted octanol–water partition coefficient (Wildman–Crippen LogP) is 3.90. The van der Waals surface area contributed by atoms with Crippen LogP contribution in [-0.4, -0.2) is 56.4 Å². The van der Waals surface area contributed by atoms with E-state index in [0.717, 1.165) is 29.7 Å². The summed E-state index contributed by atoms with van der Waals surface area (Å²) >= 11 is 0. The van der Waals surface area contributed by atoms with E-state index in [4.69, 9.17) is 9.90 Å². The van der Waals surface area contributed by atoms with Crippen LogP contribution in [0.4, 0.5) is 19.0 Å². The highest BCUT2D eigenvalue weighted by atomic mass is 32.2. The van der Waals surface area contributed by atoms with Gasteiger partial charge in [-0.15, -0.1) is 5.10 Å². The minimum Gasteiger partial charge on any atom is -0.475 e. The molecule has 0 saturated heterocycles. The van der Waals surface area contributed by atoms with E-state index in [1.54, 1.807) is 10.7 Å². The highest BCUT2D eigenvalue weighted by Crippen LogP contribution is 2.37. The summed E-state index contributed by atoms with van der Waals surface area (Å²) in [5.41, 5.74) is 2.72. The number of hydrogen-bond donors (Lipinski definition) is 3. The van der Waals surface area contributed by atoms with Crippen molar-refractivity contribution in [1.29, 1.82) is 0 Å².